The monoisotopic (exact) mass is 382 g/mol. The largest absolute Gasteiger partial charge is 0.452 e. The number of nitrogens with zero attached hydrogens (tertiary/aromatic N) is 2. The molecule has 0 aliphatic heterocycles. The van der Waals surface area contributed by atoms with Crippen LogP contribution in [0.5, 0.6) is 0 Å². The maximum atomic E-state index is 13.1. The van der Waals surface area contributed by atoms with E-state index < -0.39 is 5.97 Å². The van der Waals surface area contributed by atoms with Gasteiger partial charge in [-0.3, -0.25) is 9.78 Å². The fraction of sp³-hybridized carbons (Fsp3) is 0.522. The molecule has 1 unspecified atom stereocenters. The number of para-hydroxylation sites is 1. The van der Waals surface area contributed by atoms with Crippen LogP contribution in [0.25, 0.3) is 10.9 Å². The number of hydrogen-bond donors (Lipinski definition) is 0. The van der Waals surface area contributed by atoms with Gasteiger partial charge in [0.25, 0.3) is 5.91 Å². The molecule has 0 fully saturated rings. The molecule has 5 nitrogen and oxygen atoms in total. The van der Waals surface area contributed by atoms with Gasteiger partial charge in [-0.1, -0.05) is 25.1 Å². The summed E-state index contributed by atoms with van der Waals surface area (Å²) in [6, 6.07) is 7.78. The van der Waals surface area contributed by atoms with Crippen molar-refractivity contribution in [2.45, 2.75) is 66.0 Å². The van der Waals surface area contributed by atoms with Gasteiger partial charge in [0, 0.05) is 23.2 Å². The molecular weight excluding hydrogens is 352 g/mol. The van der Waals surface area contributed by atoms with Crippen LogP contribution in [0.1, 0.15) is 62.7 Å². The van der Waals surface area contributed by atoms with E-state index in [0.717, 1.165) is 41.4 Å². The van der Waals surface area contributed by atoms with Gasteiger partial charge in [0.05, 0.1) is 11.1 Å². The minimum absolute atomic E-state index is 0.0570. The van der Waals surface area contributed by atoms with Crippen LogP contribution in [-0.4, -0.2) is 40.5 Å². The Hall–Kier alpha value is -2.43. The van der Waals surface area contributed by atoms with E-state index in [-0.39, 0.29) is 24.6 Å². The quantitative estimate of drug-likeness (QED) is 0.729. The van der Waals surface area contributed by atoms with E-state index in [4.69, 9.17) is 9.72 Å². The van der Waals surface area contributed by atoms with Gasteiger partial charge >= 0.3 is 5.97 Å². The average Bonchev–Trinajstić information content (AvgIpc) is 2.63. The van der Waals surface area contributed by atoms with Crippen molar-refractivity contribution in [3.63, 3.8) is 0 Å². The lowest BCUT2D eigenvalue weighted by atomic mass is 9.84. The molecule has 3 rings (SSSR count). The molecule has 1 heterocycles. The first-order valence-corrected chi connectivity index (χ1v) is 10.2. The van der Waals surface area contributed by atoms with Crippen molar-refractivity contribution in [3.05, 3.63) is 41.1 Å². The molecule has 0 N–H and O–H groups in total. The highest BCUT2D eigenvalue weighted by Crippen LogP contribution is 2.32. The van der Waals surface area contributed by atoms with Crippen molar-refractivity contribution in [1.82, 2.24) is 9.88 Å². The molecule has 150 valence electrons. The Kier molecular flexibility index (Phi) is 6.01. The fourth-order valence-corrected chi connectivity index (χ4v) is 4.24. The molecule has 0 radical (unpaired) electrons. The molecule has 1 atom stereocenters. The number of aromatic nitrogens is 1. The smallest absolute Gasteiger partial charge is 0.339 e. The molecule has 28 heavy (non-hydrogen) atoms. The molecule has 1 aromatic heterocycles. The first-order valence-electron chi connectivity index (χ1n) is 10.2. The summed E-state index contributed by atoms with van der Waals surface area (Å²) in [5, 5.41) is 0.803. The predicted molar refractivity (Wildman–Crippen MR) is 110 cm³/mol. The highest BCUT2D eigenvalue weighted by atomic mass is 16.5. The third kappa shape index (κ3) is 4.03. The summed E-state index contributed by atoms with van der Waals surface area (Å²) < 4.78 is 5.52. The Morgan fingerprint density at radius 2 is 1.86 bits per heavy atom. The normalized spacial score (nSPS) is 16.3. The Labute approximate surface area is 167 Å². The van der Waals surface area contributed by atoms with Crippen LogP contribution in [0.4, 0.5) is 0 Å². The average molecular weight is 383 g/mol. The van der Waals surface area contributed by atoms with Gasteiger partial charge in [-0.05, 0) is 64.5 Å². The van der Waals surface area contributed by atoms with Crippen molar-refractivity contribution in [2.24, 2.45) is 5.92 Å². The SMILES string of the molecule is CC1CCc2nc3ccccc3c(C(=O)OCC(=O)N(C(C)C)C(C)C)c2C1. The van der Waals surface area contributed by atoms with Crippen LogP contribution in [0.15, 0.2) is 24.3 Å². The highest BCUT2D eigenvalue weighted by molar-refractivity contribution is 6.05. The summed E-state index contributed by atoms with van der Waals surface area (Å²) in [6.07, 6.45) is 2.76. The van der Waals surface area contributed by atoms with E-state index in [0.29, 0.717) is 11.5 Å². The molecule has 0 spiro atoms. The Morgan fingerprint density at radius 3 is 2.54 bits per heavy atom. The fourth-order valence-electron chi connectivity index (χ4n) is 4.24. The lowest BCUT2D eigenvalue weighted by Crippen LogP contribution is -2.44. The summed E-state index contributed by atoms with van der Waals surface area (Å²) in [7, 11) is 0. The minimum atomic E-state index is -0.426. The van der Waals surface area contributed by atoms with Gasteiger partial charge in [-0.2, -0.15) is 0 Å². The highest BCUT2D eigenvalue weighted by Gasteiger charge is 2.27. The summed E-state index contributed by atoms with van der Waals surface area (Å²) >= 11 is 0. The maximum Gasteiger partial charge on any atom is 0.339 e. The third-order valence-electron chi connectivity index (χ3n) is 5.44. The molecule has 1 aliphatic carbocycles. The van der Waals surface area contributed by atoms with E-state index in [2.05, 4.69) is 6.92 Å². The predicted octanol–water partition coefficient (Wildman–Crippen LogP) is 4.16. The zero-order valence-electron chi connectivity index (χ0n) is 17.5. The van der Waals surface area contributed by atoms with Gasteiger partial charge in [0.1, 0.15) is 0 Å². The lowest BCUT2D eigenvalue weighted by Gasteiger charge is -2.30. The number of benzene rings is 1. The van der Waals surface area contributed by atoms with Crippen molar-refractivity contribution in [3.8, 4) is 0 Å². The number of pyridine rings is 1. The number of fused-ring (bicyclic) bond motifs is 2. The molecule has 1 aromatic carbocycles. The van der Waals surface area contributed by atoms with Gasteiger partial charge in [-0.25, -0.2) is 4.79 Å². The molecule has 0 bridgehead atoms. The molecule has 2 aromatic rings. The van der Waals surface area contributed by atoms with Crippen molar-refractivity contribution < 1.29 is 14.3 Å². The Balaban J connectivity index is 1.91. The number of aryl methyl sites for hydroxylation is 1. The number of carbonyl (C=O) groups is 2. The second-order valence-corrected chi connectivity index (χ2v) is 8.34. The number of rotatable bonds is 5. The van der Waals surface area contributed by atoms with Crippen LogP contribution >= 0.6 is 0 Å². The van der Waals surface area contributed by atoms with Gasteiger partial charge in [0.2, 0.25) is 0 Å². The zero-order chi connectivity index (χ0) is 20.4. The second kappa shape index (κ2) is 8.29. The van der Waals surface area contributed by atoms with E-state index >= 15 is 0 Å². The van der Waals surface area contributed by atoms with Crippen LogP contribution in [0, 0.1) is 5.92 Å². The number of ether oxygens (including phenoxy) is 1. The van der Waals surface area contributed by atoms with E-state index in [1.807, 2.05) is 52.0 Å². The third-order valence-corrected chi connectivity index (χ3v) is 5.44. The Morgan fingerprint density at radius 1 is 1.18 bits per heavy atom. The van der Waals surface area contributed by atoms with E-state index in [1.54, 1.807) is 4.90 Å². The summed E-state index contributed by atoms with van der Waals surface area (Å²) in [5.74, 6) is -0.0928. The first-order chi connectivity index (χ1) is 13.3. The number of amides is 1. The van der Waals surface area contributed by atoms with Crippen LogP contribution < -0.4 is 0 Å². The van der Waals surface area contributed by atoms with Crippen LogP contribution in [-0.2, 0) is 22.4 Å². The van der Waals surface area contributed by atoms with Crippen molar-refractivity contribution in [2.75, 3.05) is 6.61 Å². The molecule has 5 heteroatoms. The number of carbonyl (C=O) groups excluding carboxylic acids is 2. The van der Waals surface area contributed by atoms with Crippen LogP contribution in [0.3, 0.4) is 0 Å². The number of hydrogen-bond acceptors (Lipinski definition) is 4. The Bertz CT molecular complexity index is 881. The first kappa shape index (κ1) is 20.3. The van der Waals surface area contributed by atoms with Gasteiger partial charge < -0.3 is 9.64 Å². The molecule has 0 saturated heterocycles. The maximum absolute atomic E-state index is 13.1. The lowest BCUT2D eigenvalue weighted by molar-refractivity contribution is -0.138. The zero-order valence-corrected chi connectivity index (χ0v) is 17.5. The number of esters is 1. The molecular formula is C23H30N2O3. The molecule has 1 amide bonds. The van der Waals surface area contributed by atoms with Gasteiger partial charge in [-0.15, -0.1) is 0 Å². The summed E-state index contributed by atoms with van der Waals surface area (Å²) in [5.41, 5.74) is 3.36. The minimum Gasteiger partial charge on any atom is -0.452 e. The molecule has 0 saturated carbocycles. The standard InChI is InChI=1S/C23H30N2O3/c1-14(2)25(15(3)4)21(26)13-28-23(27)22-17-8-6-7-9-19(17)24-20-11-10-16(5)12-18(20)22/h6-9,14-16H,10-13H2,1-5H3. The topological polar surface area (TPSA) is 59.5 Å². The van der Waals surface area contributed by atoms with Crippen molar-refractivity contribution >= 4 is 22.8 Å². The van der Waals surface area contributed by atoms with Crippen LogP contribution in [0.2, 0.25) is 0 Å². The van der Waals surface area contributed by atoms with Gasteiger partial charge in [0.15, 0.2) is 6.61 Å². The van der Waals surface area contributed by atoms with Crippen molar-refractivity contribution in [1.29, 1.82) is 0 Å². The van der Waals surface area contributed by atoms with E-state index in [1.165, 1.54) is 0 Å². The van der Waals surface area contributed by atoms with E-state index in [9.17, 15) is 9.59 Å². The summed E-state index contributed by atoms with van der Waals surface area (Å²) in [6.45, 7) is 9.82. The second-order valence-electron chi connectivity index (χ2n) is 8.34. The molecule has 1 aliphatic rings. The summed E-state index contributed by atoms with van der Waals surface area (Å²) in [4.78, 5) is 32.2.